The summed E-state index contributed by atoms with van der Waals surface area (Å²) in [5.41, 5.74) is 3.15. The number of benzene rings is 1. The van der Waals surface area contributed by atoms with Crippen LogP contribution in [-0.2, 0) is 17.8 Å². The summed E-state index contributed by atoms with van der Waals surface area (Å²) in [4.78, 5) is 23.8. The third-order valence-corrected chi connectivity index (χ3v) is 5.49. The van der Waals surface area contributed by atoms with Gasteiger partial charge in [-0.05, 0) is 37.2 Å². The van der Waals surface area contributed by atoms with Crippen molar-refractivity contribution in [3.8, 4) is 0 Å². The van der Waals surface area contributed by atoms with Gasteiger partial charge < -0.3 is 19.9 Å². The minimum absolute atomic E-state index is 0.0705. The van der Waals surface area contributed by atoms with Crippen molar-refractivity contribution in [3.05, 3.63) is 53.7 Å². The van der Waals surface area contributed by atoms with E-state index in [1.807, 2.05) is 41.4 Å². The van der Waals surface area contributed by atoms with Gasteiger partial charge in [-0.3, -0.25) is 4.90 Å². The van der Waals surface area contributed by atoms with E-state index in [2.05, 4.69) is 40.1 Å². The van der Waals surface area contributed by atoms with Gasteiger partial charge in [-0.25, -0.2) is 9.78 Å². The molecule has 0 spiro atoms. The molecule has 1 unspecified atom stereocenters. The summed E-state index contributed by atoms with van der Waals surface area (Å²) in [7, 11) is 2.08. The number of morpholine rings is 1. The van der Waals surface area contributed by atoms with Gasteiger partial charge >= 0.3 is 6.03 Å². The van der Waals surface area contributed by atoms with Crippen molar-refractivity contribution in [2.45, 2.75) is 26.1 Å². The van der Waals surface area contributed by atoms with Crippen LogP contribution in [0.5, 0.6) is 0 Å². The number of hydrogen-bond acceptors (Lipinski definition) is 5. The number of likely N-dealkylation sites (N-methyl/N-ethyl adjacent to an activating group) is 1. The Morgan fingerprint density at radius 1 is 1.21 bits per heavy atom. The quantitative estimate of drug-likeness (QED) is 0.865. The second-order valence-electron chi connectivity index (χ2n) is 7.83. The number of urea groups is 1. The molecule has 2 aromatic rings. The fraction of sp³-hybridized carbons (Fsp3) is 0.455. The predicted molar refractivity (Wildman–Crippen MR) is 114 cm³/mol. The van der Waals surface area contributed by atoms with E-state index in [-0.39, 0.29) is 12.1 Å². The molecule has 1 atom stereocenters. The standard InChI is InChI=1S/C22H29N5O2/c1-17-15-26(11-12-29-17)21-8-7-18(13-23-21)14-24-22(28)27-10-9-25(2)16-19-5-3-4-6-20(19)27/h3-8,13,17H,9-12,14-16H2,1-2H3,(H,24,28). The van der Waals surface area contributed by atoms with Gasteiger partial charge in [0.05, 0.1) is 12.7 Å². The molecule has 1 fully saturated rings. The molecule has 154 valence electrons. The highest BCUT2D eigenvalue weighted by Gasteiger charge is 2.22. The molecule has 2 amide bonds. The number of carbonyl (C=O) groups excluding carboxylic acids is 1. The normalized spacial score (nSPS) is 20.1. The maximum atomic E-state index is 12.9. The van der Waals surface area contributed by atoms with Crippen LogP contribution in [0, 0.1) is 0 Å². The Bertz CT molecular complexity index is 841. The Kier molecular flexibility index (Phi) is 5.97. The van der Waals surface area contributed by atoms with E-state index in [0.29, 0.717) is 13.1 Å². The monoisotopic (exact) mass is 395 g/mol. The fourth-order valence-electron chi connectivity index (χ4n) is 3.89. The number of aromatic nitrogens is 1. The largest absolute Gasteiger partial charge is 0.375 e. The van der Waals surface area contributed by atoms with Gasteiger partial charge in [0.15, 0.2) is 0 Å². The van der Waals surface area contributed by atoms with Crippen LogP contribution in [0.25, 0.3) is 0 Å². The number of ether oxygens (including phenoxy) is 1. The van der Waals surface area contributed by atoms with Crippen LogP contribution in [0.3, 0.4) is 0 Å². The van der Waals surface area contributed by atoms with Gasteiger partial charge in [0.2, 0.25) is 0 Å². The molecule has 7 heteroatoms. The molecule has 0 saturated carbocycles. The van der Waals surface area contributed by atoms with Crippen LogP contribution in [0.15, 0.2) is 42.6 Å². The summed E-state index contributed by atoms with van der Waals surface area (Å²) < 4.78 is 5.59. The third-order valence-electron chi connectivity index (χ3n) is 5.49. The number of amides is 2. The average Bonchev–Trinajstić information content (AvgIpc) is 2.90. The lowest BCUT2D eigenvalue weighted by Crippen LogP contribution is -2.42. The Morgan fingerprint density at radius 3 is 2.86 bits per heavy atom. The number of hydrogen-bond donors (Lipinski definition) is 1. The number of fused-ring (bicyclic) bond motifs is 1. The lowest BCUT2D eigenvalue weighted by atomic mass is 10.1. The van der Waals surface area contributed by atoms with Crippen molar-refractivity contribution in [1.29, 1.82) is 0 Å². The summed E-state index contributed by atoms with van der Waals surface area (Å²) >= 11 is 0. The average molecular weight is 396 g/mol. The molecule has 7 nitrogen and oxygen atoms in total. The van der Waals surface area contributed by atoms with Crippen LogP contribution < -0.4 is 15.1 Å². The summed E-state index contributed by atoms with van der Waals surface area (Å²) in [5.74, 6) is 0.958. The molecule has 0 radical (unpaired) electrons. The van der Waals surface area contributed by atoms with Crippen LogP contribution in [0.1, 0.15) is 18.1 Å². The van der Waals surface area contributed by atoms with Gasteiger partial charge in [0, 0.05) is 51.2 Å². The zero-order chi connectivity index (χ0) is 20.2. The molecule has 1 aromatic carbocycles. The Balaban J connectivity index is 1.38. The summed E-state index contributed by atoms with van der Waals surface area (Å²) in [5, 5.41) is 3.05. The zero-order valence-corrected chi connectivity index (χ0v) is 17.2. The van der Waals surface area contributed by atoms with Gasteiger partial charge in [0.25, 0.3) is 0 Å². The van der Waals surface area contributed by atoms with Gasteiger partial charge in [-0.1, -0.05) is 24.3 Å². The van der Waals surface area contributed by atoms with Gasteiger partial charge in [-0.15, -0.1) is 0 Å². The van der Waals surface area contributed by atoms with Gasteiger partial charge in [-0.2, -0.15) is 0 Å². The van der Waals surface area contributed by atoms with Crippen LogP contribution in [0.2, 0.25) is 0 Å². The lowest BCUT2D eigenvalue weighted by molar-refractivity contribution is 0.0529. The smallest absolute Gasteiger partial charge is 0.322 e. The van der Waals surface area contributed by atoms with Crippen LogP contribution >= 0.6 is 0 Å². The highest BCUT2D eigenvalue weighted by atomic mass is 16.5. The Hall–Kier alpha value is -2.64. The molecule has 1 aromatic heterocycles. The van der Waals surface area contributed by atoms with Crippen molar-refractivity contribution in [3.63, 3.8) is 0 Å². The zero-order valence-electron chi connectivity index (χ0n) is 17.2. The van der Waals surface area contributed by atoms with Crippen molar-refractivity contribution in [2.75, 3.05) is 49.6 Å². The molecule has 1 N–H and O–H groups in total. The number of carbonyl (C=O) groups is 1. The first kappa shape index (κ1) is 19.7. The number of nitrogens with zero attached hydrogens (tertiary/aromatic N) is 4. The minimum Gasteiger partial charge on any atom is -0.375 e. The maximum Gasteiger partial charge on any atom is 0.322 e. The molecule has 2 aliphatic rings. The number of anilines is 2. The number of rotatable bonds is 3. The number of para-hydroxylation sites is 1. The number of nitrogens with one attached hydrogen (secondary N) is 1. The van der Waals surface area contributed by atoms with Crippen molar-refractivity contribution in [2.24, 2.45) is 0 Å². The summed E-state index contributed by atoms with van der Waals surface area (Å²) in [6.45, 7) is 7.35. The number of pyridine rings is 1. The Labute approximate surface area is 172 Å². The van der Waals surface area contributed by atoms with E-state index in [9.17, 15) is 4.79 Å². The van der Waals surface area contributed by atoms with Crippen molar-refractivity contribution >= 4 is 17.5 Å². The maximum absolute atomic E-state index is 12.9. The lowest BCUT2D eigenvalue weighted by Gasteiger charge is -2.32. The molecule has 0 bridgehead atoms. The minimum atomic E-state index is -0.0705. The van der Waals surface area contributed by atoms with E-state index in [1.165, 1.54) is 5.56 Å². The first-order valence-electron chi connectivity index (χ1n) is 10.2. The van der Waals surface area contributed by atoms with E-state index < -0.39 is 0 Å². The topological polar surface area (TPSA) is 60.9 Å². The van der Waals surface area contributed by atoms with Crippen molar-refractivity contribution in [1.82, 2.24) is 15.2 Å². The predicted octanol–water partition coefficient (Wildman–Crippen LogP) is 2.47. The highest BCUT2D eigenvalue weighted by Crippen LogP contribution is 2.24. The van der Waals surface area contributed by atoms with E-state index in [1.54, 1.807) is 0 Å². The molecule has 2 aliphatic heterocycles. The Morgan fingerprint density at radius 2 is 2.07 bits per heavy atom. The van der Waals surface area contributed by atoms with Crippen LogP contribution in [-0.4, -0.2) is 61.9 Å². The third kappa shape index (κ3) is 4.68. The van der Waals surface area contributed by atoms with E-state index in [4.69, 9.17) is 4.74 Å². The SMILES string of the molecule is CC1CN(c2ccc(CNC(=O)N3CCN(C)Cc4ccccc43)cn2)CCO1. The summed E-state index contributed by atoms with van der Waals surface area (Å²) in [6.07, 6.45) is 2.07. The first-order chi connectivity index (χ1) is 14.1. The van der Waals surface area contributed by atoms with Gasteiger partial charge in [0.1, 0.15) is 5.82 Å². The molecular formula is C22H29N5O2. The molecule has 4 rings (SSSR count). The molecular weight excluding hydrogens is 366 g/mol. The van der Waals surface area contributed by atoms with Crippen molar-refractivity contribution < 1.29 is 9.53 Å². The fourth-order valence-corrected chi connectivity index (χ4v) is 3.89. The molecule has 3 heterocycles. The molecule has 29 heavy (non-hydrogen) atoms. The van der Waals surface area contributed by atoms with E-state index in [0.717, 1.165) is 49.9 Å². The highest BCUT2D eigenvalue weighted by molar-refractivity contribution is 5.93. The molecule has 0 aliphatic carbocycles. The van der Waals surface area contributed by atoms with Crippen LogP contribution in [0.4, 0.5) is 16.3 Å². The van der Waals surface area contributed by atoms with E-state index >= 15 is 0 Å². The second-order valence-corrected chi connectivity index (χ2v) is 7.83. The molecule has 1 saturated heterocycles. The second kappa shape index (κ2) is 8.80. The summed E-state index contributed by atoms with van der Waals surface area (Å²) in [6, 6.07) is 12.1. The first-order valence-corrected chi connectivity index (χ1v) is 10.2.